The minimum absolute atomic E-state index is 0.363. The van der Waals surface area contributed by atoms with Gasteiger partial charge < -0.3 is 13.9 Å². The summed E-state index contributed by atoms with van der Waals surface area (Å²) in [6.07, 6.45) is 3.27. The SMILES string of the molecule is CCOC(=O)/C=C/OCCc1cc2ccccc2o1. The summed E-state index contributed by atoms with van der Waals surface area (Å²) in [4.78, 5) is 11.0. The largest absolute Gasteiger partial charge is 0.500 e. The van der Waals surface area contributed by atoms with Crippen LogP contribution in [0.25, 0.3) is 11.0 Å². The molecule has 0 amide bonds. The zero-order valence-electron chi connectivity index (χ0n) is 10.8. The molecule has 4 heteroatoms. The van der Waals surface area contributed by atoms with Crippen LogP contribution < -0.4 is 0 Å². The predicted octanol–water partition coefficient (Wildman–Crippen LogP) is 3.07. The van der Waals surface area contributed by atoms with E-state index in [-0.39, 0.29) is 0 Å². The molecule has 0 spiro atoms. The first kappa shape index (κ1) is 13.2. The molecule has 0 aliphatic carbocycles. The maximum atomic E-state index is 11.0. The number of fused-ring (bicyclic) bond motifs is 1. The number of carbonyl (C=O) groups excluding carboxylic acids is 1. The molecule has 0 radical (unpaired) electrons. The molecule has 1 aromatic heterocycles. The number of hydrogen-bond donors (Lipinski definition) is 0. The summed E-state index contributed by atoms with van der Waals surface area (Å²) in [5.41, 5.74) is 0.875. The zero-order chi connectivity index (χ0) is 13.5. The van der Waals surface area contributed by atoms with Gasteiger partial charge in [0.05, 0.1) is 25.6 Å². The van der Waals surface area contributed by atoms with E-state index in [2.05, 4.69) is 0 Å². The van der Waals surface area contributed by atoms with Gasteiger partial charge in [-0.2, -0.15) is 0 Å². The molecule has 0 atom stereocenters. The Bertz CT molecular complexity index is 535. The van der Waals surface area contributed by atoms with Crippen LogP contribution in [0.2, 0.25) is 0 Å². The van der Waals surface area contributed by atoms with Crippen molar-refractivity contribution in [2.75, 3.05) is 13.2 Å². The molecule has 0 aliphatic heterocycles. The number of furan rings is 1. The molecule has 2 rings (SSSR count). The number of carbonyl (C=O) groups is 1. The van der Waals surface area contributed by atoms with Crippen LogP contribution in [0.5, 0.6) is 0 Å². The quantitative estimate of drug-likeness (QED) is 0.346. The van der Waals surface area contributed by atoms with Gasteiger partial charge in [0.25, 0.3) is 0 Å². The van der Waals surface area contributed by atoms with Gasteiger partial charge in [-0.3, -0.25) is 0 Å². The molecule has 0 aliphatic rings. The van der Waals surface area contributed by atoms with Crippen molar-refractivity contribution in [2.24, 2.45) is 0 Å². The average Bonchev–Trinajstić information content (AvgIpc) is 2.81. The minimum Gasteiger partial charge on any atom is -0.500 e. The summed E-state index contributed by atoms with van der Waals surface area (Å²) < 4.78 is 15.6. The van der Waals surface area contributed by atoms with E-state index in [9.17, 15) is 4.79 Å². The monoisotopic (exact) mass is 260 g/mol. The molecule has 0 bridgehead atoms. The van der Waals surface area contributed by atoms with Crippen molar-refractivity contribution in [3.8, 4) is 0 Å². The number of ether oxygens (including phenoxy) is 2. The van der Waals surface area contributed by atoms with Crippen LogP contribution in [-0.2, 0) is 20.7 Å². The molecule has 0 saturated heterocycles. The average molecular weight is 260 g/mol. The smallest absolute Gasteiger partial charge is 0.333 e. The summed E-state index contributed by atoms with van der Waals surface area (Å²) in [5.74, 6) is 0.469. The van der Waals surface area contributed by atoms with E-state index in [4.69, 9.17) is 13.9 Å². The van der Waals surface area contributed by atoms with Gasteiger partial charge >= 0.3 is 5.97 Å². The molecule has 0 fully saturated rings. The zero-order valence-corrected chi connectivity index (χ0v) is 10.8. The van der Waals surface area contributed by atoms with Crippen LogP contribution in [-0.4, -0.2) is 19.2 Å². The molecule has 0 N–H and O–H groups in total. The van der Waals surface area contributed by atoms with Gasteiger partial charge in [0.15, 0.2) is 0 Å². The molecule has 1 aromatic carbocycles. The Morgan fingerprint density at radius 2 is 2.21 bits per heavy atom. The number of hydrogen-bond acceptors (Lipinski definition) is 4. The number of esters is 1. The molecule has 0 saturated carbocycles. The molecule has 0 unspecified atom stereocenters. The molecule has 4 nitrogen and oxygen atoms in total. The van der Waals surface area contributed by atoms with Gasteiger partial charge in [0.1, 0.15) is 11.3 Å². The Hall–Kier alpha value is -2.23. The lowest BCUT2D eigenvalue weighted by molar-refractivity contribution is -0.137. The Morgan fingerprint density at radius 1 is 1.37 bits per heavy atom. The lowest BCUT2D eigenvalue weighted by Crippen LogP contribution is -2.00. The summed E-state index contributed by atoms with van der Waals surface area (Å²) in [6, 6.07) is 9.84. The van der Waals surface area contributed by atoms with E-state index in [0.29, 0.717) is 19.6 Å². The topological polar surface area (TPSA) is 48.7 Å². The van der Waals surface area contributed by atoms with Crippen molar-refractivity contribution in [1.29, 1.82) is 0 Å². The number of benzene rings is 1. The molecule has 100 valence electrons. The van der Waals surface area contributed by atoms with Crippen molar-refractivity contribution in [2.45, 2.75) is 13.3 Å². The highest BCUT2D eigenvalue weighted by atomic mass is 16.5. The van der Waals surface area contributed by atoms with Gasteiger partial charge in [-0.05, 0) is 19.1 Å². The summed E-state index contributed by atoms with van der Waals surface area (Å²) in [5, 5.41) is 1.08. The van der Waals surface area contributed by atoms with E-state index >= 15 is 0 Å². The molecule has 2 aromatic rings. The van der Waals surface area contributed by atoms with Crippen LogP contribution >= 0.6 is 0 Å². The van der Waals surface area contributed by atoms with Gasteiger partial charge in [-0.1, -0.05) is 18.2 Å². The normalized spacial score (nSPS) is 11.0. The van der Waals surface area contributed by atoms with Gasteiger partial charge in [-0.15, -0.1) is 0 Å². The first-order valence-electron chi connectivity index (χ1n) is 6.22. The third-order valence-electron chi connectivity index (χ3n) is 2.53. The number of rotatable bonds is 6. The summed E-state index contributed by atoms with van der Waals surface area (Å²) in [6.45, 7) is 2.58. The second-order valence-electron chi connectivity index (χ2n) is 3.93. The summed E-state index contributed by atoms with van der Waals surface area (Å²) in [7, 11) is 0. The predicted molar refractivity (Wildman–Crippen MR) is 71.6 cm³/mol. The van der Waals surface area contributed by atoms with Gasteiger partial charge in [-0.25, -0.2) is 4.79 Å². The van der Waals surface area contributed by atoms with Crippen molar-refractivity contribution in [3.63, 3.8) is 0 Å². The van der Waals surface area contributed by atoms with Crippen molar-refractivity contribution < 1.29 is 18.7 Å². The fraction of sp³-hybridized carbons (Fsp3) is 0.267. The second-order valence-corrected chi connectivity index (χ2v) is 3.93. The Labute approximate surface area is 111 Å². The third-order valence-corrected chi connectivity index (χ3v) is 2.53. The van der Waals surface area contributed by atoms with Crippen LogP contribution in [0, 0.1) is 0 Å². The lowest BCUT2D eigenvalue weighted by atomic mass is 10.2. The van der Waals surface area contributed by atoms with Crippen molar-refractivity contribution >= 4 is 16.9 Å². The van der Waals surface area contributed by atoms with Gasteiger partial charge in [0, 0.05) is 11.8 Å². The van der Waals surface area contributed by atoms with E-state index in [0.717, 1.165) is 16.7 Å². The molecular formula is C15H16O4. The minimum atomic E-state index is -0.397. The highest BCUT2D eigenvalue weighted by Crippen LogP contribution is 2.18. The summed E-state index contributed by atoms with van der Waals surface area (Å²) >= 11 is 0. The van der Waals surface area contributed by atoms with E-state index < -0.39 is 5.97 Å². The van der Waals surface area contributed by atoms with E-state index in [1.165, 1.54) is 12.3 Å². The lowest BCUT2D eigenvalue weighted by Gasteiger charge is -1.98. The molecule has 1 heterocycles. The first-order chi connectivity index (χ1) is 9.29. The third kappa shape index (κ3) is 3.88. The maximum absolute atomic E-state index is 11.0. The van der Waals surface area contributed by atoms with Crippen LogP contribution in [0.4, 0.5) is 0 Å². The van der Waals surface area contributed by atoms with Crippen molar-refractivity contribution in [1.82, 2.24) is 0 Å². The van der Waals surface area contributed by atoms with E-state index in [1.807, 2.05) is 30.3 Å². The first-order valence-corrected chi connectivity index (χ1v) is 6.22. The fourth-order valence-electron chi connectivity index (χ4n) is 1.68. The van der Waals surface area contributed by atoms with Crippen LogP contribution in [0.1, 0.15) is 12.7 Å². The highest BCUT2D eigenvalue weighted by molar-refractivity contribution is 5.81. The second kappa shape index (κ2) is 6.64. The number of para-hydroxylation sites is 1. The highest BCUT2D eigenvalue weighted by Gasteiger charge is 2.02. The Morgan fingerprint density at radius 3 is 3.00 bits per heavy atom. The van der Waals surface area contributed by atoms with Crippen LogP contribution in [0.15, 0.2) is 47.1 Å². The Kier molecular flexibility index (Phi) is 4.61. The fourth-order valence-corrected chi connectivity index (χ4v) is 1.68. The van der Waals surface area contributed by atoms with Crippen LogP contribution in [0.3, 0.4) is 0 Å². The maximum Gasteiger partial charge on any atom is 0.333 e. The van der Waals surface area contributed by atoms with Gasteiger partial charge in [0.2, 0.25) is 0 Å². The molecular weight excluding hydrogens is 244 g/mol. The standard InChI is InChI=1S/C15H16O4/c1-2-18-15(16)8-10-17-9-7-13-11-12-5-3-4-6-14(12)19-13/h3-6,8,10-11H,2,7,9H2,1H3/b10-8+. The molecule has 19 heavy (non-hydrogen) atoms. The van der Waals surface area contributed by atoms with E-state index in [1.54, 1.807) is 6.92 Å². The van der Waals surface area contributed by atoms with Crippen molar-refractivity contribution in [3.05, 3.63) is 48.4 Å². The Balaban J connectivity index is 1.78.